The minimum Gasteiger partial charge on any atom is -0.325 e. The lowest BCUT2D eigenvalue weighted by Gasteiger charge is -2.07. The molecule has 3 rings (SSSR count). The predicted molar refractivity (Wildman–Crippen MR) is 94.4 cm³/mol. The summed E-state index contributed by atoms with van der Waals surface area (Å²) in [6.07, 6.45) is 0. The molecule has 0 saturated heterocycles. The summed E-state index contributed by atoms with van der Waals surface area (Å²) in [4.78, 5) is 12.1. The van der Waals surface area contributed by atoms with Gasteiger partial charge in [0.05, 0.1) is 11.4 Å². The van der Waals surface area contributed by atoms with Crippen molar-refractivity contribution in [2.75, 3.05) is 11.1 Å². The average molecular weight is 339 g/mol. The SMILES string of the molecule is Cc1ccc(NC(=O)CSc2nnnn2-c2ccccc2)cc1C. The summed E-state index contributed by atoms with van der Waals surface area (Å²) in [7, 11) is 0. The van der Waals surface area contributed by atoms with E-state index in [9.17, 15) is 4.79 Å². The van der Waals surface area contributed by atoms with Crippen molar-refractivity contribution >= 4 is 23.4 Å². The molecule has 1 N–H and O–H groups in total. The molecule has 0 spiro atoms. The van der Waals surface area contributed by atoms with Gasteiger partial charge in [-0.05, 0) is 59.7 Å². The summed E-state index contributed by atoms with van der Waals surface area (Å²) in [5.41, 5.74) is 4.00. The van der Waals surface area contributed by atoms with Gasteiger partial charge in [0.15, 0.2) is 0 Å². The van der Waals surface area contributed by atoms with Crippen LogP contribution in [0.15, 0.2) is 53.7 Å². The van der Waals surface area contributed by atoms with Crippen molar-refractivity contribution in [1.82, 2.24) is 20.2 Å². The van der Waals surface area contributed by atoms with Crippen LogP contribution >= 0.6 is 11.8 Å². The fourth-order valence-corrected chi connectivity index (χ4v) is 2.84. The van der Waals surface area contributed by atoms with Gasteiger partial charge in [0.1, 0.15) is 0 Å². The molecule has 0 radical (unpaired) electrons. The van der Waals surface area contributed by atoms with Gasteiger partial charge in [-0.15, -0.1) is 5.10 Å². The molecule has 0 aliphatic rings. The van der Waals surface area contributed by atoms with E-state index in [4.69, 9.17) is 0 Å². The number of rotatable bonds is 5. The lowest BCUT2D eigenvalue weighted by atomic mass is 10.1. The summed E-state index contributed by atoms with van der Waals surface area (Å²) in [5, 5.41) is 15.1. The summed E-state index contributed by atoms with van der Waals surface area (Å²) in [5.74, 6) is 0.144. The summed E-state index contributed by atoms with van der Waals surface area (Å²) >= 11 is 1.30. The van der Waals surface area contributed by atoms with E-state index in [0.29, 0.717) is 5.16 Å². The van der Waals surface area contributed by atoms with Crippen LogP contribution in [0, 0.1) is 13.8 Å². The Morgan fingerprint density at radius 2 is 1.92 bits per heavy atom. The van der Waals surface area contributed by atoms with Crippen molar-refractivity contribution in [3.8, 4) is 5.69 Å². The number of aryl methyl sites for hydroxylation is 2. The van der Waals surface area contributed by atoms with E-state index in [1.54, 1.807) is 4.68 Å². The highest BCUT2D eigenvalue weighted by molar-refractivity contribution is 7.99. The Labute approximate surface area is 144 Å². The number of aromatic nitrogens is 4. The van der Waals surface area contributed by atoms with Crippen LogP contribution < -0.4 is 5.32 Å². The van der Waals surface area contributed by atoms with Gasteiger partial charge in [0.2, 0.25) is 11.1 Å². The zero-order valence-corrected chi connectivity index (χ0v) is 14.2. The quantitative estimate of drug-likeness (QED) is 0.724. The Morgan fingerprint density at radius 3 is 2.67 bits per heavy atom. The maximum absolute atomic E-state index is 12.1. The standard InChI is InChI=1S/C17H17N5OS/c1-12-8-9-14(10-13(12)2)18-16(23)11-24-17-19-20-21-22(17)15-6-4-3-5-7-15/h3-10H,11H2,1-2H3,(H,18,23). The van der Waals surface area contributed by atoms with E-state index in [1.807, 2.05) is 62.4 Å². The number of tetrazole rings is 1. The van der Waals surface area contributed by atoms with Gasteiger partial charge in [0.25, 0.3) is 0 Å². The summed E-state index contributed by atoms with van der Waals surface area (Å²) in [6, 6.07) is 15.4. The molecule has 6 nitrogen and oxygen atoms in total. The number of nitrogens with one attached hydrogen (secondary N) is 1. The second kappa shape index (κ2) is 7.27. The van der Waals surface area contributed by atoms with Crippen molar-refractivity contribution in [2.45, 2.75) is 19.0 Å². The number of amides is 1. The largest absolute Gasteiger partial charge is 0.325 e. The monoisotopic (exact) mass is 339 g/mol. The Kier molecular flexibility index (Phi) is 4.90. The molecule has 0 unspecified atom stereocenters. The number of benzene rings is 2. The molecule has 1 aromatic heterocycles. The first kappa shape index (κ1) is 16.2. The smallest absolute Gasteiger partial charge is 0.234 e. The van der Waals surface area contributed by atoms with Gasteiger partial charge in [-0.25, -0.2) is 0 Å². The van der Waals surface area contributed by atoms with E-state index in [-0.39, 0.29) is 11.7 Å². The second-order valence-corrected chi connectivity index (χ2v) is 6.29. The zero-order valence-electron chi connectivity index (χ0n) is 13.4. The van der Waals surface area contributed by atoms with Crippen LogP contribution in [0.4, 0.5) is 5.69 Å². The van der Waals surface area contributed by atoms with Gasteiger partial charge in [-0.1, -0.05) is 36.0 Å². The third-order valence-electron chi connectivity index (χ3n) is 3.56. The molecular formula is C17H17N5OS. The van der Waals surface area contributed by atoms with Crippen molar-refractivity contribution in [3.63, 3.8) is 0 Å². The van der Waals surface area contributed by atoms with Gasteiger partial charge in [-0.2, -0.15) is 4.68 Å². The normalized spacial score (nSPS) is 10.6. The van der Waals surface area contributed by atoms with Crippen LogP contribution in [-0.4, -0.2) is 31.9 Å². The van der Waals surface area contributed by atoms with E-state index in [2.05, 4.69) is 20.8 Å². The number of hydrogen-bond acceptors (Lipinski definition) is 5. The number of nitrogens with zero attached hydrogens (tertiary/aromatic N) is 4. The highest BCUT2D eigenvalue weighted by Gasteiger charge is 2.11. The molecular weight excluding hydrogens is 322 g/mol. The van der Waals surface area contributed by atoms with Crippen LogP contribution in [0.3, 0.4) is 0 Å². The lowest BCUT2D eigenvalue weighted by Crippen LogP contribution is -2.14. The number of hydrogen-bond donors (Lipinski definition) is 1. The topological polar surface area (TPSA) is 72.7 Å². The molecule has 3 aromatic rings. The molecule has 0 atom stereocenters. The van der Waals surface area contributed by atoms with Crippen molar-refractivity contribution in [2.24, 2.45) is 0 Å². The highest BCUT2D eigenvalue weighted by Crippen LogP contribution is 2.19. The Balaban J connectivity index is 1.63. The molecule has 0 aliphatic heterocycles. The van der Waals surface area contributed by atoms with Crippen LogP contribution in [0.2, 0.25) is 0 Å². The maximum Gasteiger partial charge on any atom is 0.234 e. The number of carbonyl (C=O) groups excluding carboxylic acids is 1. The fourth-order valence-electron chi connectivity index (χ4n) is 2.15. The Hall–Kier alpha value is -2.67. The molecule has 0 fully saturated rings. The number of thioether (sulfide) groups is 1. The van der Waals surface area contributed by atoms with Gasteiger partial charge in [-0.3, -0.25) is 4.79 Å². The molecule has 24 heavy (non-hydrogen) atoms. The Bertz CT molecular complexity index is 847. The van der Waals surface area contributed by atoms with E-state index < -0.39 is 0 Å². The van der Waals surface area contributed by atoms with Gasteiger partial charge in [0, 0.05) is 5.69 Å². The first-order chi connectivity index (χ1) is 11.6. The van der Waals surface area contributed by atoms with E-state index in [0.717, 1.165) is 16.9 Å². The predicted octanol–water partition coefficient (Wildman–Crippen LogP) is 3.01. The first-order valence-electron chi connectivity index (χ1n) is 7.47. The van der Waals surface area contributed by atoms with Gasteiger partial charge < -0.3 is 5.32 Å². The summed E-state index contributed by atoms with van der Waals surface area (Å²) < 4.78 is 1.62. The fraction of sp³-hybridized carbons (Fsp3) is 0.176. The lowest BCUT2D eigenvalue weighted by molar-refractivity contribution is -0.113. The van der Waals surface area contributed by atoms with Crippen LogP contribution in [0.25, 0.3) is 5.69 Å². The van der Waals surface area contributed by atoms with Crippen LogP contribution in [0.1, 0.15) is 11.1 Å². The molecule has 0 bridgehead atoms. The minimum atomic E-state index is -0.0918. The summed E-state index contributed by atoms with van der Waals surface area (Å²) in [6.45, 7) is 4.06. The second-order valence-electron chi connectivity index (χ2n) is 5.34. The zero-order chi connectivity index (χ0) is 16.9. The van der Waals surface area contributed by atoms with Gasteiger partial charge >= 0.3 is 0 Å². The van der Waals surface area contributed by atoms with Crippen LogP contribution in [0.5, 0.6) is 0 Å². The number of anilines is 1. The molecule has 0 saturated carbocycles. The molecule has 122 valence electrons. The first-order valence-corrected chi connectivity index (χ1v) is 8.46. The van der Waals surface area contributed by atoms with Crippen molar-refractivity contribution in [1.29, 1.82) is 0 Å². The van der Waals surface area contributed by atoms with E-state index in [1.165, 1.54) is 17.3 Å². The highest BCUT2D eigenvalue weighted by atomic mass is 32.2. The number of para-hydroxylation sites is 1. The molecule has 1 amide bonds. The van der Waals surface area contributed by atoms with Crippen molar-refractivity contribution in [3.05, 3.63) is 59.7 Å². The third-order valence-corrected chi connectivity index (χ3v) is 4.48. The number of carbonyl (C=O) groups is 1. The Morgan fingerprint density at radius 1 is 1.12 bits per heavy atom. The third kappa shape index (κ3) is 3.80. The molecule has 7 heteroatoms. The van der Waals surface area contributed by atoms with E-state index >= 15 is 0 Å². The molecule has 2 aromatic carbocycles. The molecule has 1 heterocycles. The minimum absolute atomic E-state index is 0.0918. The average Bonchev–Trinajstić information content (AvgIpc) is 3.06. The van der Waals surface area contributed by atoms with Crippen molar-refractivity contribution < 1.29 is 4.79 Å². The molecule has 0 aliphatic carbocycles. The maximum atomic E-state index is 12.1. The van der Waals surface area contributed by atoms with Crippen LogP contribution in [-0.2, 0) is 4.79 Å².